The van der Waals surface area contributed by atoms with Gasteiger partial charge in [0.15, 0.2) is 0 Å². The quantitative estimate of drug-likeness (QED) is 0.621. The topological polar surface area (TPSA) is 6.48 Å². The second kappa shape index (κ2) is 8.69. The maximum atomic E-state index is 3.59. The first-order valence-corrected chi connectivity index (χ1v) is 6.61. The third-order valence-electron chi connectivity index (χ3n) is 2.41. The predicted octanol–water partition coefficient (Wildman–Crippen LogP) is 2.29. The van der Waals surface area contributed by atoms with Crippen LogP contribution in [0.25, 0.3) is 0 Å². The average Bonchev–Trinajstić information content (AvgIpc) is 2.14. The fourth-order valence-corrected chi connectivity index (χ4v) is 2.06. The Morgan fingerprint density at radius 3 is 2.21 bits per heavy atom. The molecule has 0 heterocycles. The van der Waals surface area contributed by atoms with Crippen LogP contribution in [0.3, 0.4) is 0 Å². The highest BCUT2D eigenvalue weighted by atomic mass is 79.9. The third kappa shape index (κ3) is 7.77. The lowest BCUT2D eigenvalue weighted by Gasteiger charge is -2.23. The third-order valence-corrected chi connectivity index (χ3v) is 3.33. The van der Waals surface area contributed by atoms with Crippen LogP contribution in [-0.4, -0.2) is 55.9 Å². The van der Waals surface area contributed by atoms with Crippen LogP contribution >= 0.6 is 15.9 Å². The number of likely N-dealkylation sites (N-methyl/N-ethyl adjacent to an activating group) is 2. The van der Waals surface area contributed by atoms with Gasteiger partial charge in [-0.15, -0.1) is 0 Å². The first kappa shape index (κ1) is 14.4. The van der Waals surface area contributed by atoms with Gasteiger partial charge in [0.05, 0.1) is 0 Å². The van der Waals surface area contributed by atoms with E-state index in [-0.39, 0.29) is 0 Å². The van der Waals surface area contributed by atoms with Crippen molar-refractivity contribution >= 4 is 15.9 Å². The Morgan fingerprint density at radius 2 is 1.79 bits per heavy atom. The molecular formula is C11H25BrN2. The molecule has 3 heteroatoms. The number of rotatable bonds is 8. The van der Waals surface area contributed by atoms with Crippen molar-refractivity contribution in [2.75, 3.05) is 46.1 Å². The standard InChI is InChI=1S/C11H25BrN2/c1-5-6-11(9-12)10-14(4)8-7-13(2)3/h11H,5-10H2,1-4H3. The van der Waals surface area contributed by atoms with Crippen LogP contribution < -0.4 is 0 Å². The maximum Gasteiger partial charge on any atom is 0.0106 e. The summed E-state index contributed by atoms with van der Waals surface area (Å²) in [4.78, 5) is 4.67. The van der Waals surface area contributed by atoms with Gasteiger partial charge in [0.2, 0.25) is 0 Å². The summed E-state index contributed by atoms with van der Waals surface area (Å²) in [7, 11) is 6.47. The molecule has 0 bridgehead atoms. The fourth-order valence-electron chi connectivity index (χ4n) is 1.53. The van der Waals surface area contributed by atoms with Gasteiger partial charge in [0.25, 0.3) is 0 Å². The normalized spacial score (nSPS) is 13.9. The second-order valence-corrected chi connectivity index (χ2v) is 5.02. The Labute approximate surface area is 97.8 Å². The van der Waals surface area contributed by atoms with Crippen molar-refractivity contribution in [2.45, 2.75) is 19.8 Å². The number of nitrogens with zero attached hydrogens (tertiary/aromatic N) is 2. The predicted molar refractivity (Wildman–Crippen MR) is 68.2 cm³/mol. The Hall–Kier alpha value is 0.400. The van der Waals surface area contributed by atoms with Crippen molar-refractivity contribution in [3.05, 3.63) is 0 Å². The Bertz CT molecular complexity index is 128. The summed E-state index contributed by atoms with van der Waals surface area (Å²) < 4.78 is 0. The largest absolute Gasteiger partial charge is 0.308 e. The molecular weight excluding hydrogens is 240 g/mol. The zero-order chi connectivity index (χ0) is 11.0. The summed E-state index contributed by atoms with van der Waals surface area (Å²) in [6, 6.07) is 0. The molecule has 86 valence electrons. The molecule has 0 aromatic carbocycles. The van der Waals surface area contributed by atoms with Crippen LogP contribution in [0.4, 0.5) is 0 Å². The van der Waals surface area contributed by atoms with Gasteiger partial charge in [-0.1, -0.05) is 29.3 Å². The van der Waals surface area contributed by atoms with Gasteiger partial charge in [-0.05, 0) is 33.5 Å². The van der Waals surface area contributed by atoms with Crippen molar-refractivity contribution in [3.63, 3.8) is 0 Å². The molecule has 0 aromatic heterocycles. The van der Waals surface area contributed by atoms with Gasteiger partial charge < -0.3 is 9.80 Å². The van der Waals surface area contributed by atoms with Gasteiger partial charge in [-0.25, -0.2) is 0 Å². The van der Waals surface area contributed by atoms with Gasteiger partial charge in [0, 0.05) is 25.0 Å². The van der Waals surface area contributed by atoms with E-state index in [0.717, 1.165) is 17.8 Å². The molecule has 0 saturated heterocycles. The molecule has 0 fully saturated rings. The minimum absolute atomic E-state index is 0.812. The summed E-state index contributed by atoms with van der Waals surface area (Å²) in [5.74, 6) is 0.812. The highest BCUT2D eigenvalue weighted by molar-refractivity contribution is 9.09. The number of hydrogen-bond acceptors (Lipinski definition) is 2. The molecule has 1 unspecified atom stereocenters. The maximum absolute atomic E-state index is 3.59. The van der Waals surface area contributed by atoms with E-state index in [1.54, 1.807) is 0 Å². The van der Waals surface area contributed by atoms with Crippen molar-refractivity contribution in [2.24, 2.45) is 5.92 Å². The minimum Gasteiger partial charge on any atom is -0.308 e. The highest BCUT2D eigenvalue weighted by Gasteiger charge is 2.09. The van der Waals surface area contributed by atoms with E-state index in [0.29, 0.717) is 0 Å². The smallest absolute Gasteiger partial charge is 0.0106 e. The van der Waals surface area contributed by atoms with Crippen LogP contribution in [0.2, 0.25) is 0 Å². The molecule has 0 aromatic rings. The lowest BCUT2D eigenvalue weighted by Crippen LogP contribution is -2.32. The van der Waals surface area contributed by atoms with Crippen LogP contribution in [0.1, 0.15) is 19.8 Å². The summed E-state index contributed by atoms with van der Waals surface area (Å²) in [6.45, 7) is 5.79. The number of halogens is 1. The lowest BCUT2D eigenvalue weighted by molar-refractivity contribution is 0.249. The molecule has 0 spiro atoms. The molecule has 0 aliphatic carbocycles. The fraction of sp³-hybridized carbons (Fsp3) is 1.00. The van der Waals surface area contributed by atoms with Crippen LogP contribution in [0.5, 0.6) is 0 Å². The molecule has 0 aliphatic rings. The molecule has 0 amide bonds. The van der Waals surface area contributed by atoms with Crippen LogP contribution in [0.15, 0.2) is 0 Å². The Morgan fingerprint density at radius 1 is 1.14 bits per heavy atom. The second-order valence-electron chi connectivity index (χ2n) is 4.37. The number of hydrogen-bond donors (Lipinski definition) is 0. The molecule has 0 radical (unpaired) electrons. The number of alkyl halides is 1. The highest BCUT2D eigenvalue weighted by Crippen LogP contribution is 2.10. The molecule has 1 atom stereocenters. The first-order chi connectivity index (χ1) is 6.60. The van der Waals surface area contributed by atoms with Gasteiger partial charge >= 0.3 is 0 Å². The van der Waals surface area contributed by atoms with Crippen molar-refractivity contribution in [1.29, 1.82) is 0 Å². The molecule has 0 N–H and O–H groups in total. The molecule has 0 rings (SSSR count). The molecule has 0 aliphatic heterocycles. The van der Waals surface area contributed by atoms with E-state index >= 15 is 0 Å². The van der Waals surface area contributed by atoms with Crippen molar-refractivity contribution in [3.8, 4) is 0 Å². The SMILES string of the molecule is CCCC(CBr)CN(C)CCN(C)C. The van der Waals surface area contributed by atoms with Gasteiger partial charge in [0.1, 0.15) is 0 Å². The van der Waals surface area contributed by atoms with E-state index in [9.17, 15) is 0 Å². The van der Waals surface area contributed by atoms with E-state index in [1.165, 1.54) is 25.9 Å². The zero-order valence-electron chi connectivity index (χ0n) is 10.1. The lowest BCUT2D eigenvalue weighted by atomic mass is 10.1. The summed E-state index contributed by atoms with van der Waals surface area (Å²) in [5.41, 5.74) is 0. The Kier molecular flexibility index (Phi) is 8.94. The van der Waals surface area contributed by atoms with E-state index in [2.05, 4.69) is 53.8 Å². The Balaban J connectivity index is 3.61. The molecule has 2 nitrogen and oxygen atoms in total. The van der Waals surface area contributed by atoms with E-state index in [1.807, 2.05) is 0 Å². The van der Waals surface area contributed by atoms with E-state index < -0.39 is 0 Å². The minimum atomic E-state index is 0.812. The van der Waals surface area contributed by atoms with Crippen molar-refractivity contribution < 1.29 is 0 Å². The summed E-state index contributed by atoms with van der Waals surface area (Å²) in [6.07, 6.45) is 2.62. The average molecular weight is 265 g/mol. The molecule has 14 heavy (non-hydrogen) atoms. The molecule has 0 saturated carbocycles. The van der Waals surface area contributed by atoms with Crippen LogP contribution in [0, 0.1) is 5.92 Å². The van der Waals surface area contributed by atoms with Gasteiger partial charge in [-0.3, -0.25) is 0 Å². The van der Waals surface area contributed by atoms with Crippen molar-refractivity contribution in [1.82, 2.24) is 9.80 Å². The monoisotopic (exact) mass is 264 g/mol. The van der Waals surface area contributed by atoms with E-state index in [4.69, 9.17) is 0 Å². The van der Waals surface area contributed by atoms with Crippen LogP contribution in [-0.2, 0) is 0 Å². The first-order valence-electron chi connectivity index (χ1n) is 5.49. The summed E-state index contributed by atoms with van der Waals surface area (Å²) >= 11 is 3.59. The summed E-state index contributed by atoms with van der Waals surface area (Å²) in [5, 5.41) is 1.13. The van der Waals surface area contributed by atoms with Gasteiger partial charge in [-0.2, -0.15) is 0 Å². The zero-order valence-corrected chi connectivity index (χ0v) is 11.7.